The Morgan fingerprint density at radius 3 is 1.79 bits per heavy atom. The van der Waals surface area contributed by atoms with Crippen LogP contribution in [0.4, 0.5) is 0 Å². The van der Waals surface area contributed by atoms with Crippen molar-refractivity contribution < 1.29 is 14.7 Å². The Morgan fingerprint density at radius 1 is 1.05 bits per heavy atom. The van der Waals surface area contributed by atoms with Gasteiger partial charge in [0.25, 0.3) is 0 Å². The molecular weight excluding hydrogens is 244 g/mol. The molecule has 0 heterocycles. The number of hydrogen-bond acceptors (Lipinski definition) is 5. The molecule has 0 spiro atoms. The SMILES string of the molecule is CCCCO.O=C=NCc1ccccc1CN=C=O. The van der Waals surface area contributed by atoms with Gasteiger partial charge in [-0.2, -0.15) is 0 Å². The minimum atomic E-state index is 0.272. The molecule has 102 valence electrons. The Balaban J connectivity index is 0.000000555. The molecule has 0 saturated carbocycles. The maximum Gasteiger partial charge on any atom is 0.235 e. The van der Waals surface area contributed by atoms with Crippen LogP contribution in [0.5, 0.6) is 0 Å². The highest BCUT2D eigenvalue weighted by Crippen LogP contribution is 2.10. The summed E-state index contributed by atoms with van der Waals surface area (Å²) in [5.41, 5.74) is 1.74. The summed E-state index contributed by atoms with van der Waals surface area (Å²) in [7, 11) is 0. The molecule has 0 aliphatic rings. The van der Waals surface area contributed by atoms with Gasteiger partial charge in [0, 0.05) is 6.61 Å². The fourth-order valence-electron chi connectivity index (χ4n) is 1.26. The molecule has 0 radical (unpaired) electrons. The monoisotopic (exact) mass is 262 g/mol. The number of unbranched alkanes of at least 4 members (excludes halogenated alkanes) is 1. The van der Waals surface area contributed by atoms with Gasteiger partial charge in [-0.1, -0.05) is 37.6 Å². The normalized spacial score (nSPS) is 8.53. The van der Waals surface area contributed by atoms with Crippen molar-refractivity contribution in [2.45, 2.75) is 32.9 Å². The van der Waals surface area contributed by atoms with E-state index in [1.165, 1.54) is 12.2 Å². The molecule has 1 aromatic carbocycles. The molecule has 19 heavy (non-hydrogen) atoms. The predicted molar refractivity (Wildman–Crippen MR) is 72.1 cm³/mol. The van der Waals surface area contributed by atoms with Crippen molar-refractivity contribution in [3.05, 3.63) is 35.4 Å². The van der Waals surface area contributed by atoms with Crippen LogP contribution in [0, 0.1) is 0 Å². The van der Waals surface area contributed by atoms with E-state index < -0.39 is 0 Å². The number of hydrogen-bond donors (Lipinski definition) is 1. The minimum absolute atomic E-state index is 0.272. The van der Waals surface area contributed by atoms with Crippen LogP contribution in [-0.2, 0) is 22.7 Å². The van der Waals surface area contributed by atoms with Gasteiger partial charge in [0.1, 0.15) is 0 Å². The van der Waals surface area contributed by atoms with Gasteiger partial charge in [0.15, 0.2) is 0 Å². The van der Waals surface area contributed by atoms with Crippen molar-refractivity contribution in [1.29, 1.82) is 0 Å². The van der Waals surface area contributed by atoms with Crippen LogP contribution < -0.4 is 0 Å². The van der Waals surface area contributed by atoms with E-state index in [1.54, 1.807) is 0 Å². The first-order chi connectivity index (χ1) is 9.29. The zero-order valence-corrected chi connectivity index (χ0v) is 11.0. The number of aliphatic imine (C=N–C) groups is 2. The highest BCUT2D eigenvalue weighted by molar-refractivity contribution is 5.37. The van der Waals surface area contributed by atoms with Crippen LogP contribution in [0.3, 0.4) is 0 Å². The van der Waals surface area contributed by atoms with Gasteiger partial charge in [-0.05, 0) is 17.5 Å². The highest BCUT2D eigenvalue weighted by Gasteiger charge is 1.99. The Kier molecular flexibility index (Phi) is 11.1. The van der Waals surface area contributed by atoms with E-state index in [-0.39, 0.29) is 13.1 Å². The van der Waals surface area contributed by atoms with E-state index >= 15 is 0 Å². The number of carbonyl (C=O) groups excluding carboxylic acids is 2. The van der Waals surface area contributed by atoms with E-state index in [9.17, 15) is 9.59 Å². The topological polar surface area (TPSA) is 79.1 Å². The van der Waals surface area contributed by atoms with Gasteiger partial charge < -0.3 is 5.11 Å². The van der Waals surface area contributed by atoms with Crippen molar-refractivity contribution in [2.75, 3.05) is 6.61 Å². The molecule has 5 heteroatoms. The van der Waals surface area contributed by atoms with Crippen LogP contribution in [-0.4, -0.2) is 23.9 Å². The van der Waals surface area contributed by atoms with Gasteiger partial charge in [-0.3, -0.25) is 0 Å². The molecule has 0 saturated heterocycles. The van der Waals surface area contributed by atoms with Crippen molar-refractivity contribution in [3.8, 4) is 0 Å². The second-order valence-corrected chi connectivity index (χ2v) is 3.66. The lowest BCUT2D eigenvalue weighted by Crippen LogP contribution is -1.90. The number of isocyanates is 2. The third-order valence-corrected chi connectivity index (χ3v) is 2.26. The standard InChI is InChI=1S/C10H8N2O2.C4H10O/c13-7-11-5-9-3-1-2-4-10(9)6-12-8-14;1-2-3-4-5/h1-4H,5-6H2;5H,2-4H2,1H3. The van der Waals surface area contributed by atoms with Crippen LogP contribution in [0.15, 0.2) is 34.3 Å². The largest absolute Gasteiger partial charge is 0.396 e. The zero-order chi connectivity index (χ0) is 14.3. The second kappa shape index (κ2) is 12.4. The summed E-state index contributed by atoms with van der Waals surface area (Å²) in [5, 5.41) is 8.07. The molecule has 5 nitrogen and oxygen atoms in total. The molecular formula is C14H18N2O3. The van der Waals surface area contributed by atoms with Gasteiger partial charge in [0.2, 0.25) is 12.2 Å². The van der Waals surface area contributed by atoms with E-state index in [0.717, 1.165) is 24.0 Å². The lowest BCUT2D eigenvalue weighted by Gasteiger charge is -2.01. The average Bonchev–Trinajstić information content (AvgIpc) is 2.45. The fourth-order valence-corrected chi connectivity index (χ4v) is 1.26. The van der Waals surface area contributed by atoms with E-state index in [2.05, 4.69) is 16.9 Å². The fraction of sp³-hybridized carbons (Fsp3) is 0.429. The zero-order valence-electron chi connectivity index (χ0n) is 11.0. The molecule has 0 fully saturated rings. The number of aliphatic hydroxyl groups excluding tert-OH is 1. The number of aliphatic hydroxyl groups is 1. The molecule has 0 aliphatic carbocycles. The summed E-state index contributed by atoms with van der Waals surface area (Å²) in [6.07, 6.45) is 4.97. The number of rotatable bonds is 6. The predicted octanol–water partition coefficient (Wildman–Crippen LogP) is 2.14. The summed E-state index contributed by atoms with van der Waals surface area (Å²) in [4.78, 5) is 26.8. The Morgan fingerprint density at radius 2 is 1.53 bits per heavy atom. The molecule has 1 N–H and O–H groups in total. The summed E-state index contributed by atoms with van der Waals surface area (Å²) in [5.74, 6) is 0. The summed E-state index contributed by atoms with van der Waals surface area (Å²) in [6, 6.07) is 7.33. The summed E-state index contributed by atoms with van der Waals surface area (Å²) in [6.45, 7) is 2.94. The highest BCUT2D eigenvalue weighted by atomic mass is 16.2. The second-order valence-electron chi connectivity index (χ2n) is 3.66. The molecule has 0 aliphatic heterocycles. The minimum Gasteiger partial charge on any atom is -0.396 e. The Hall–Kier alpha value is -2.06. The molecule has 0 unspecified atom stereocenters. The van der Waals surface area contributed by atoms with Gasteiger partial charge in [-0.25, -0.2) is 19.6 Å². The maximum atomic E-state index is 9.93. The molecule has 1 rings (SSSR count). The lowest BCUT2D eigenvalue weighted by atomic mass is 10.1. The Bertz CT molecular complexity index is 407. The third kappa shape index (κ3) is 8.63. The quantitative estimate of drug-likeness (QED) is 0.630. The summed E-state index contributed by atoms with van der Waals surface area (Å²) >= 11 is 0. The summed E-state index contributed by atoms with van der Waals surface area (Å²) < 4.78 is 0. The van der Waals surface area contributed by atoms with E-state index in [4.69, 9.17) is 5.11 Å². The maximum absolute atomic E-state index is 9.93. The first-order valence-corrected chi connectivity index (χ1v) is 6.05. The van der Waals surface area contributed by atoms with Crippen LogP contribution >= 0.6 is 0 Å². The van der Waals surface area contributed by atoms with E-state index in [1.807, 2.05) is 24.3 Å². The van der Waals surface area contributed by atoms with E-state index in [0.29, 0.717) is 6.61 Å². The molecule has 1 aromatic rings. The van der Waals surface area contributed by atoms with Gasteiger partial charge in [0.05, 0.1) is 13.1 Å². The number of nitrogens with zero attached hydrogens (tertiary/aromatic N) is 2. The van der Waals surface area contributed by atoms with Crippen LogP contribution in [0.1, 0.15) is 30.9 Å². The van der Waals surface area contributed by atoms with Crippen LogP contribution in [0.25, 0.3) is 0 Å². The Labute approximate surface area is 112 Å². The van der Waals surface area contributed by atoms with Crippen molar-refractivity contribution in [1.82, 2.24) is 0 Å². The van der Waals surface area contributed by atoms with Crippen LogP contribution in [0.2, 0.25) is 0 Å². The van der Waals surface area contributed by atoms with Gasteiger partial charge >= 0.3 is 0 Å². The molecule has 0 bridgehead atoms. The first-order valence-electron chi connectivity index (χ1n) is 6.05. The number of benzene rings is 1. The van der Waals surface area contributed by atoms with Crippen molar-refractivity contribution >= 4 is 12.2 Å². The molecule has 0 aromatic heterocycles. The van der Waals surface area contributed by atoms with Crippen molar-refractivity contribution in [2.24, 2.45) is 9.98 Å². The van der Waals surface area contributed by atoms with Gasteiger partial charge in [-0.15, -0.1) is 0 Å². The molecule has 0 atom stereocenters. The lowest BCUT2D eigenvalue weighted by molar-refractivity contribution is 0.287. The third-order valence-electron chi connectivity index (χ3n) is 2.26. The van der Waals surface area contributed by atoms with Crippen molar-refractivity contribution in [3.63, 3.8) is 0 Å². The molecule has 0 amide bonds. The average molecular weight is 262 g/mol. The smallest absolute Gasteiger partial charge is 0.235 e. The first kappa shape index (κ1) is 16.9.